The van der Waals surface area contributed by atoms with Crippen molar-refractivity contribution < 1.29 is 4.74 Å². The summed E-state index contributed by atoms with van der Waals surface area (Å²) in [5.41, 5.74) is 0. The molecule has 0 aromatic rings. The Kier molecular flexibility index (Phi) is 10.2. The first-order valence-corrected chi connectivity index (χ1v) is 5.59. The van der Waals surface area contributed by atoms with Crippen LogP contribution in [0.15, 0.2) is 0 Å². The van der Waals surface area contributed by atoms with Crippen LogP contribution in [-0.4, -0.2) is 25.8 Å². The second kappa shape index (κ2) is 10.6. The van der Waals surface area contributed by atoms with E-state index >= 15 is 0 Å². The van der Waals surface area contributed by atoms with E-state index in [2.05, 4.69) is 18.2 Å². The highest BCUT2D eigenvalue weighted by Gasteiger charge is 2.05. The summed E-state index contributed by atoms with van der Waals surface area (Å²) in [5.74, 6) is 2.69. The Hall–Kier alpha value is -0.520. The maximum Gasteiger partial charge on any atom is 0.0466 e. The van der Waals surface area contributed by atoms with Gasteiger partial charge in [0.25, 0.3) is 0 Å². The lowest BCUT2D eigenvalue weighted by Gasteiger charge is -2.16. The van der Waals surface area contributed by atoms with E-state index in [1.165, 1.54) is 0 Å². The molecule has 1 N–H and O–H groups in total. The van der Waals surface area contributed by atoms with E-state index in [1.54, 1.807) is 0 Å². The van der Waals surface area contributed by atoms with Gasteiger partial charge in [-0.25, -0.2) is 0 Å². The molecule has 0 aliphatic heterocycles. The first-order valence-electron chi connectivity index (χ1n) is 5.59. The average Bonchev–Trinajstić information content (AvgIpc) is 2.20. The van der Waals surface area contributed by atoms with Crippen molar-refractivity contribution in [2.45, 2.75) is 45.6 Å². The van der Waals surface area contributed by atoms with Crippen LogP contribution in [0.3, 0.4) is 0 Å². The molecule has 82 valence electrons. The highest BCUT2D eigenvalue weighted by molar-refractivity contribution is 4.85. The molecule has 0 aromatic carbocycles. The molecule has 0 bridgehead atoms. The van der Waals surface area contributed by atoms with Crippen LogP contribution < -0.4 is 5.32 Å². The van der Waals surface area contributed by atoms with Gasteiger partial charge in [-0.05, 0) is 32.7 Å². The number of hydrogen-bond acceptors (Lipinski definition) is 2. The van der Waals surface area contributed by atoms with Crippen LogP contribution in [0, 0.1) is 12.3 Å². The zero-order valence-electron chi connectivity index (χ0n) is 9.51. The van der Waals surface area contributed by atoms with Crippen LogP contribution in [0.2, 0.25) is 0 Å². The summed E-state index contributed by atoms with van der Waals surface area (Å²) < 4.78 is 5.30. The van der Waals surface area contributed by atoms with E-state index < -0.39 is 0 Å². The quantitative estimate of drug-likeness (QED) is 0.452. The third-order valence-corrected chi connectivity index (χ3v) is 2.18. The Balaban J connectivity index is 3.46. The molecule has 1 atom stereocenters. The van der Waals surface area contributed by atoms with E-state index in [0.717, 1.165) is 45.4 Å². The number of rotatable bonds is 9. The minimum Gasteiger partial charge on any atom is -0.382 e. The Morgan fingerprint density at radius 1 is 1.36 bits per heavy atom. The third kappa shape index (κ3) is 8.10. The lowest BCUT2D eigenvalue weighted by molar-refractivity contribution is 0.140. The monoisotopic (exact) mass is 197 g/mol. The molecule has 0 heterocycles. The Morgan fingerprint density at radius 2 is 2.14 bits per heavy atom. The zero-order chi connectivity index (χ0) is 10.6. The minimum atomic E-state index is 0.566. The molecule has 2 heteroatoms. The van der Waals surface area contributed by atoms with Crippen LogP contribution in [0.5, 0.6) is 0 Å². The molecule has 0 spiro atoms. The van der Waals surface area contributed by atoms with Gasteiger partial charge in [0.2, 0.25) is 0 Å². The van der Waals surface area contributed by atoms with Crippen LogP contribution in [0.4, 0.5) is 0 Å². The maximum absolute atomic E-state index is 5.30. The molecule has 0 amide bonds. The summed E-state index contributed by atoms with van der Waals surface area (Å²) >= 11 is 0. The molecule has 0 aromatic heterocycles. The van der Waals surface area contributed by atoms with E-state index in [0.29, 0.717) is 6.04 Å². The van der Waals surface area contributed by atoms with Gasteiger partial charge in [-0.3, -0.25) is 0 Å². The number of hydrogen-bond donors (Lipinski definition) is 1. The van der Waals surface area contributed by atoms with E-state index in [-0.39, 0.29) is 0 Å². The number of ether oxygens (including phenoxy) is 1. The largest absolute Gasteiger partial charge is 0.382 e. The molecule has 0 aliphatic carbocycles. The summed E-state index contributed by atoms with van der Waals surface area (Å²) in [6.45, 7) is 6.86. The molecule has 14 heavy (non-hydrogen) atoms. The normalized spacial score (nSPS) is 12.4. The highest BCUT2D eigenvalue weighted by Crippen LogP contribution is 2.04. The second-order valence-corrected chi connectivity index (χ2v) is 3.34. The molecule has 0 radical (unpaired) electrons. The summed E-state index contributed by atoms with van der Waals surface area (Å²) in [7, 11) is 0. The smallest absolute Gasteiger partial charge is 0.0466 e. The molecule has 2 nitrogen and oxygen atoms in total. The lowest BCUT2D eigenvalue weighted by atomic mass is 10.1. The molecule has 0 fully saturated rings. The summed E-state index contributed by atoms with van der Waals surface area (Å²) in [6.07, 6.45) is 9.48. The van der Waals surface area contributed by atoms with Crippen molar-refractivity contribution in [3.63, 3.8) is 0 Å². The van der Waals surface area contributed by atoms with Gasteiger partial charge in [0.1, 0.15) is 0 Å². The fourth-order valence-electron chi connectivity index (χ4n) is 1.47. The van der Waals surface area contributed by atoms with Crippen molar-refractivity contribution in [2.75, 3.05) is 19.8 Å². The van der Waals surface area contributed by atoms with Crippen molar-refractivity contribution in [3.8, 4) is 12.3 Å². The fourth-order valence-corrected chi connectivity index (χ4v) is 1.47. The number of terminal acetylenes is 1. The summed E-state index contributed by atoms with van der Waals surface area (Å²) in [4.78, 5) is 0. The fraction of sp³-hybridized carbons (Fsp3) is 0.833. The van der Waals surface area contributed by atoms with Crippen molar-refractivity contribution in [3.05, 3.63) is 0 Å². The highest BCUT2D eigenvalue weighted by atomic mass is 16.5. The maximum atomic E-state index is 5.30. The Bertz CT molecular complexity index is 151. The van der Waals surface area contributed by atoms with Gasteiger partial charge in [-0.15, -0.1) is 12.3 Å². The second-order valence-electron chi connectivity index (χ2n) is 3.34. The Labute approximate surface area is 88.4 Å². The third-order valence-electron chi connectivity index (χ3n) is 2.18. The van der Waals surface area contributed by atoms with E-state index in [1.807, 2.05) is 6.92 Å². The van der Waals surface area contributed by atoms with E-state index in [9.17, 15) is 0 Å². The van der Waals surface area contributed by atoms with Gasteiger partial charge in [0.05, 0.1) is 0 Å². The van der Waals surface area contributed by atoms with Crippen molar-refractivity contribution in [1.82, 2.24) is 5.32 Å². The lowest BCUT2D eigenvalue weighted by Crippen LogP contribution is -2.29. The standard InChI is InChI=1S/C12H23NO/c1-4-7-9-12(13-5-2)10-8-11-14-6-3/h1,12-13H,5-11H2,2-3H3. The molecular weight excluding hydrogens is 174 g/mol. The predicted molar refractivity (Wildman–Crippen MR) is 61.3 cm³/mol. The van der Waals surface area contributed by atoms with Crippen LogP contribution in [-0.2, 0) is 4.74 Å². The molecule has 1 unspecified atom stereocenters. The van der Waals surface area contributed by atoms with Gasteiger partial charge >= 0.3 is 0 Å². The van der Waals surface area contributed by atoms with Gasteiger partial charge in [0.15, 0.2) is 0 Å². The molecule has 0 aliphatic rings. The minimum absolute atomic E-state index is 0.566. The number of nitrogens with one attached hydrogen (secondary N) is 1. The van der Waals surface area contributed by atoms with E-state index in [4.69, 9.17) is 11.2 Å². The van der Waals surface area contributed by atoms with Crippen molar-refractivity contribution in [2.24, 2.45) is 0 Å². The molecule has 0 saturated carbocycles. The van der Waals surface area contributed by atoms with Crippen LogP contribution in [0.25, 0.3) is 0 Å². The first kappa shape index (κ1) is 13.5. The van der Waals surface area contributed by atoms with Crippen molar-refractivity contribution >= 4 is 0 Å². The van der Waals surface area contributed by atoms with Gasteiger partial charge < -0.3 is 10.1 Å². The van der Waals surface area contributed by atoms with Gasteiger partial charge in [-0.2, -0.15) is 0 Å². The van der Waals surface area contributed by atoms with Gasteiger partial charge in [-0.1, -0.05) is 6.92 Å². The Morgan fingerprint density at radius 3 is 2.71 bits per heavy atom. The molecule has 0 saturated heterocycles. The predicted octanol–water partition coefficient (Wildman–Crippen LogP) is 2.19. The zero-order valence-corrected chi connectivity index (χ0v) is 9.51. The topological polar surface area (TPSA) is 21.3 Å². The first-order chi connectivity index (χ1) is 6.85. The summed E-state index contributed by atoms with van der Waals surface area (Å²) in [5, 5.41) is 3.44. The summed E-state index contributed by atoms with van der Waals surface area (Å²) in [6, 6.07) is 0.566. The molecule has 0 rings (SSSR count). The van der Waals surface area contributed by atoms with Crippen LogP contribution in [0.1, 0.15) is 39.5 Å². The van der Waals surface area contributed by atoms with Gasteiger partial charge in [0, 0.05) is 25.7 Å². The average molecular weight is 197 g/mol. The van der Waals surface area contributed by atoms with Crippen molar-refractivity contribution in [1.29, 1.82) is 0 Å². The molecular formula is C12H23NO. The SMILES string of the molecule is C#CCCC(CCCOCC)NCC. The van der Waals surface area contributed by atoms with Crippen LogP contribution >= 0.6 is 0 Å².